The first-order chi connectivity index (χ1) is 6.76. The Morgan fingerprint density at radius 3 is 2.86 bits per heavy atom. The molecule has 0 aliphatic rings. The average molecular weight is 292 g/mol. The van der Waals surface area contributed by atoms with Gasteiger partial charge >= 0.3 is 0 Å². The number of aromatic nitrogens is 1. The maximum absolute atomic E-state index is 4.32. The molecule has 0 bridgehead atoms. The number of nitrogens with zero attached hydrogens (tertiary/aromatic N) is 1. The van der Waals surface area contributed by atoms with Crippen LogP contribution < -0.4 is 0 Å². The summed E-state index contributed by atoms with van der Waals surface area (Å²) in [5.74, 6) is 2.75. The summed E-state index contributed by atoms with van der Waals surface area (Å²) in [7, 11) is 0. The van der Waals surface area contributed by atoms with Gasteiger partial charge in [-0.2, -0.15) is 12.6 Å². The fraction of sp³-hybridized carbons (Fsp3) is 0.500. The van der Waals surface area contributed by atoms with Crippen LogP contribution in [0.25, 0.3) is 0 Å². The lowest BCUT2D eigenvalue weighted by molar-refractivity contribution is 0.649. The van der Waals surface area contributed by atoms with Gasteiger partial charge in [-0.25, -0.2) is 4.98 Å². The molecule has 0 spiro atoms. The summed E-state index contributed by atoms with van der Waals surface area (Å²) in [6.45, 7) is 2.20. The second kappa shape index (κ2) is 6.75. The summed E-state index contributed by atoms with van der Waals surface area (Å²) in [5.41, 5.74) is 0. The third kappa shape index (κ3) is 4.24. The van der Waals surface area contributed by atoms with E-state index < -0.39 is 0 Å². The Morgan fingerprint density at radius 2 is 2.36 bits per heavy atom. The van der Waals surface area contributed by atoms with Crippen LogP contribution in [0.2, 0.25) is 0 Å². The molecule has 0 saturated carbocycles. The quantitative estimate of drug-likeness (QED) is 0.653. The van der Waals surface area contributed by atoms with Crippen molar-refractivity contribution in [1.82, 2.24) is 4.98 Å². The number of hydrogen-bond acceptors (Lipinski definition) is 3. The average Bonchev–Trinajstić information content (AvgIpc) is 2.22. The molecule has 4 heteroatoms. The molecule has 0 aromatic carbocycles. The van der Waals surface area contributed by atoms with E-state index in [0.717, 1.165) is 21.0 Å². The van der Waals surface area contributed by atoms with Gasteiger partial charge in [-0.05, 0) is 39.7 Å². The molecule has 0 aliphatic heterocycles. The standard InChI is InChI=1S/C10H14BrNS2/c1-2-8(6-13)7-14-10-4-3-9(11)5-12-10/h3-5,8,13H,2,6-7H2,1H3. The molecule has 0 fully saturated rings. The van der Waals surface area contributed by atoms with Gasteiger partial charge in [0.05, 0.1) is 5.03 Å². The lowest BCUT2D eigenvalue weighted by Gasteiger charge is -2.10. The molecule has 1 rings (SSSR count). The molecule has 1 nitrogen and oxygen atoms in total. The fourth-order valence-electron chi connectivity index (χ4n) is 0.951. The van der Waals surface area contributed by atoms with Crippen LogP contribution >= 0.6 is 40.3 Å². The molecule has 0 N–H and O–H groups in total. The number of hydrogen-bond donors (Lipinski definition) is 1. The maximum atomic E-state index is 4.32. The summed E-state index contributed by atoms with van der Waals surface area (Å²) in [6.07, 6.45) is 3.02. The molecule has 0 amide bonds. The minimum atomic E-state index is 0.689. The van der Waals surface area contributed by atoms with Gasteiger partial charge in [-0.3, -0.25) is 0 Å². The Hall–Kier alpha value is 0.330. The van der Waals surface area contributed by atoms with E-state index in [1.807, 2.05) is 18.3 Å². The molecule has 0 radical (unpaired) electrons. The molecule has 1 aromatic heterocycles. The second-order valence-electron chi connectivity index (χ2n) is 3.08. The van der Waals surface area contributed by atoms with Gasteiger partial charge in [0.25, 0.3) is 0 Å². The van der Waals surface area contributed by atoms with E-state index in [4.69, 9.17) is 0 Å². The molecule has 14 heavy (non-hydrogen) atoms. The predicted molar refractivity (Wildman–Crippen MR) is 70.3 cm³/mol. The van der Waals surface area contributed by atoms with Crippen LogP contribution in [0, 0.1) is 5.92 Å². The Balaban J connectivity index is 2.41. The molecule has 0 saturated heterocycles. The lowest BCUT2D eigenvalue weighted by Crippen LogP contribution is -2.03. The van der Waals surface area contributed by atoms with Gasteiger partial charge < -0.3 is 0 Å². The number of pyridine rings is 1. The maximum Gasteiger partial charge on any atom is 0.0960 e. The smallest absolute Gasteiger partial charge is 0.0960 e. The Bertz CT molecular complexity index is 259. The Morgan fingerprint density at radius 1 is 1.57 bits per heavy atom. The van der Waals surface area contributed by atoms with Crippen LogP contribution in [-0.4, -0.2) is 16.5 Å². The Kier molecular flexibility index (Phi) is 5.98. The summed E-state index contributed by atoms with van der Waals surface area (Å²) in [5, 5.41) is 1.09. The highest BCUT2D eigenvalue weighted by Crippen LogP contribution is 2.21. The van der Waals surface area contributed by atoms with Crippen molar-refractivity contribution in [3.05, 3.63) is 22.8 Å². The first-order valence-electron chi connectivity index (χ1n) is 4.61. The molecular weight excluding hydrogens is 278 g/mol. The lowest BCUT2D eigenvalue weighted by atomic mass is 10.2. The predicted octanol–water partition coefficient (Wildman–Crippen LogP) is 3.89. The van der Waals surface area contributed by atoms with Gasteiger partial charge in [-0.15, -0.1) is 11.8 Å². The highest BCUT2D eigenvalue weighted by atomic mass is 79.9. The third-order valence-electron chi connectivity index (χ3n) is 2.00. The summed E-state index contributed by atoms with van der Waals surface area (Å²) < 4.78 is 1.03. The van der Waals surface area contributed by atoms with Crippen LogP contribution in [-0.2, 0) is 0 Å². The van der Waals surface area contributed by atoms with Crippen molar-refractivity contribution >= 4 is 40.3 Å². The van der Waals surface area contributed by atoms with Crippen molar-refractivity contribution < 1.29 is 0 Å². The van der Waals surface area contributed by atoms with E-state index in [1.165, 1.54) is 6.42 Å². The monoisotopic (exact) mass is 291 g/mol. The van der Waals surface area contributed by atoms with E-state index in [9.17, 15) is 0 Å². The number of halogens is 1. The third-order valence-corrected chi connectivity index (χ3v) is 4.16. The van der Waals surface area contributed by atoms with Crippen LogP contribution in [0.1, 0.15) is 13.3 Å². The van der Waals surface area contributed by atoms with Crippen molar-refractivity contribution in [3.8, 4) is 0 Å². The summed E-state index contributed by atoms with van der Waals surface area (Å²) in [4.78, 5) is 4.31. The first kappa shape index (κ1) is 12.4. The van der Waals surface area contributed by atoms with Crippen molar-refractivity contribution in [2.75, 3.05) is 11.5 Å². The number of thioether (sulfide) groups is 1. The molecule has 1 aromatic rings. The van der Waals surface area contributed by atoms with Gasteiger partial charge in [0.2, 0.25) is 0 Å². The van der Waals surface area contributed by atoms with Crippen LogP contribution in [0.3, 0.4) is 0 Å². The van der Waals surface area contributed by atoms with Crippen LogP contribution in [0.5, 0.6) is 0 Å². The molecule has 1 unspecified atom stereocenters. The Labute approximate surface area is 104 Å². The number of thiol groups is 1. The highest BCUT2D eigenvalue weighted by molar-refractivity contribution is 9.10. The van der Waals surface area contributed by atoms with E-state index >= 15 is 0 Å². The number of rotatable bonds is 5. The summed E-state index contributed by atoms with van der Waals surface area (Å²) in [6, 6.07) is 4.07. The minimum absolute atomic E-state index is 0.689. The van der Waals surface area contributed by atoms with Gasteiger partial charge in [0, 0.05) is 16.4 Å². The van der Waals surface area contributed by atoms with Crippen molar-refractivity contribution in [2.24, 2.45) is 5.92 Å². The van der Waals surface area contributed by atoms with Crippen molar-refractivity contribution in [3.63, 3.8) is 0 Å². The van der Waals surface area contributed by atoms with Crippen molar-refractivity contribution in [2.45, 2.75) is 18.4 Å². The van der Waals surface area contributed by atoms with Gasteiger partial charge in [0.15, 0.2) is 0 Å². The molecular formula is C10H14BrNS2. The fourth-order valence-corrected chi connectivity index (χ4v) is 2.80. The van der Waals surface area contributed by atoms with E-state index in [-0.39, 0.29) is 0 Å². The van der Waals surface area contributed by atoms with E-state index in [2.05, 4.69) is 40.5 Å². The first-order valence-corrected chi connectivity index (χ1v) is 7.02. The van der Waals surface area contributed by atoms with E-state index in [1.54, 1.807) is 11.8 Å². The van der Waals surface area contributed by atoms with Gasteiger partial charge in [0.1, 0.15) is 0 Å². The topological polar surface area (TPSA) is 12.9 Å². The highest BCUT2D eigenvalue weighted by Gasteiger charge is 2.05. The minimum Gasteiger partial charge on any atom is -0.249 e. The molecule has 1 heterocycles. The summed E-state index contributed by atoms with van der Waals surface area (Å²) >= 11 is 9.49. The second-order valence-corrected chi connectivity index (χ2v) is 5.40. The van der Waals surface area contributed by atoms with Crippen molar-refractivity contribution in [1.29, 1.82) is 0 Å². The zero-order valence-electron chi connectivity index (χ0n) is 8.11. The van der Waals surface area contributed by atoms with Gasteiger partial charge in [-0.1, -0.05) is 13.3 Å². The zero-order chi connectivity index (χ0) is 10.4. The SMILES string of the molecule is CCC(CS)CSc1ccc(Br)cn1. The molecule has 78 valence electrons. The normalized spacial score (nSPS) is 12.8. The zero-order valence-corrected chi connectivity index (χ0v) is 11.4. The molecule has 1 atom stereocenters. The van der Waals surface area contributed by atoms with E-state index in [0.29, 0.717) is 5.92 Å². The largest absolute Gasteiger partial charge is 0.249 e. The van der Waals surface area contributed by atoms with Crippen LogP contribution in [0.4, 0.5) is 0 Å². The van der Waals surface area contributed by atoms with Crippen LogP contribution in [0.15, 0.2) is 27.8 Å². The molecule has 0 aliphatic carbocycles.